The second-order valence-corrected chi connectivity index (χ2v) is 9.10. The number of phenolic OH excluding ortho intramolecular Hbond substituents is 1. The summed E-state index contributed by atoms with van der Waals surface area (Å²) in [5, 5.41) is 14.5. The van der Waals surface area contributed by atoms with E-state index in [4.69, 9.17) is 4.84 Å². The third kappa shape index (κ3) is 3.47. The van der Waals surface area contributed by atoms with E-state index in [1.807, 2.05) is 30.3 Å². The van der Waals surface area contributed by atoms with Gasteiger partial charge >= 0.3 is 0 Å². The van der Waals surface area contributed by atoms with E-state index in [2.05, 4.69) is 31.6 Å². The molecule has 0 atom stereocenters. The first-order valence-corrected chi connectivity index (χ1v) is 9.96. The molecule has 5 nitrogen and oxygen atoms in total. The monoisotopic (exact) mass is 380 g/mol. The van der Waals surface area contributed by atoms with Crippen molar-refractivity contribution in [2.24, 2.45) is 11.3 Å². The minimum absolute atomic E-state index is 0.199. The Morgan fingerprint density at radius 1 is 1.14 bits per heavy atom. The van der Waals surface area contributed by atoms with Crippen LogP contribution in [0.4, 0.5) is 5.69 Å². The lowest BCUT2D eigenvalue weighted by molar-refractivity contribution is -0.115. The maximum absolute atomic E-state index is 12.8. The maximum Gasteiger partial charge on any atom is 0.273 e. The van der Waals surface area contributed by atoms with Crippen LogP contribution >= 0.6 is 0 Å². The number of hydroxylamine groups is 1. The predicted molar refractivity (Wildman–Crippen MR) is 111 cm³/mol. The number of fused-ring (bicyclic) bond motifs is 1. The fourth-order valence-electron chi connectivity index (χ4n) is 4.40. The number of hydrogen-bond acceptors (Lipinski definition) is 4. The molecule has 1 saturated carbocycles. The molecule has 2 aromatic rings. The molecule has 4 rings (SSSR count). The summed E-state index contributed by atoms with van der Waals surface area (Å²) < 4.78 is 0. The van der Waals surface area contributed by atoms with Crippen LogP contribution in [0.3, 0.4) is 0 Å². The van der Waals surface area contributed by atoms with Gasteiger partial charge in [-0.2, -0.15) is 0 Å². The van der Waals surface area contributed by atoms with E-state index in [1.54, 1.807) is 12.1 Å². The van der Waals surface area contributed by atoms with E-state index < -0.39 is 0 Å². The Labute approximate surface area is 165 Å². The number of nitrogens with one attached hydrogen (secondary N) is 2. The summed E-state index contributed by atoms with van der Waals surface area (Å²) in [5.74, 6) is 0.645. The summed E-state index contributed by atoms with van der Waals surface area (Å²) in [5.41, 5.74) is 3.89. The third-order valence-electron chi connectivity index (χ3n) is 6.22. The van der Waals surface area contributed by atoms with E-state index in [1.165, 1.54) is 0 Å². The minimum atomic E-state index is -0.383. The Hall–Kier alpha value is -2.53. The zero-order valence-corrected chi connectivity index (χ0v) is 16.7. The van der Waals surface area contributed by atoms with E-state index in [0.717, 1.165) is 31.1 Å². The second kappa shape index (κ2) is 6.82. The number of amides is 1. The SMILES string of the molecule is CC(C)(C)C1CCC2(C=C(C(=O)Nc3cccc4c(O)cccc34)NO2)CC1. The molecule has 1 aliphatic heterocycles. The normalized spacial score (nSPS) is 24.8. The quantitative estimate of drug-likeness (QED) is 0.695. The van der Waals surface area contributed by atoms with Crippen LogP contribution in [0.2, 0.25) is 0 Å². The van der Waals surface area contributed by atoms with E-state index >= 15 is 0 Å². The number of benzene rings is 2. The molecule has 0 bridgehead atoms. The molecule has 1 spiro atoms. The van der Waals surface area contributed by atoms with Gasteiger partial charge in [0.15, 0.2) is 0 Å². The number of carbonyl (C=O) groups is 1. The average molecular weight is 380 g/mol. The van der Waals surface area contributed by atoms with Crippen LogP contribution < -0.4 is 10.8 Å². The van der Waals surface area contributed by atoms with Gasteiger partial charge in [0.05, 0.1) is 0 Å². The van der Waals surface area contributed by atoms with Crippen LogP contribution in [0.25, 0.3) is 10.8 Å². The van der Waals surface area contributed by atoms with Gasteiger partial charge in [-0.3, -0.25) is 15.1 Å². The van der Waals surface area contributed by atoms with Gasteiger partial charge in [-0.15, -0.1) is 0 Å². The largest absolute Gasteiger partial charge is 0.507 e. The molecule has 0 unspecified atom stereocenters. The van der Waals surface area contributed by atoms with E-state index in [0.29, 0.717) is 28.1 Å². The first-order chi connectivity index (χ1) is 13.3. The minimum Gasteiger partial charge on any atom is -0.507 e. The van der Waals surface area contributed by atoms with Gasteiger partial charge in [-0.05, 0) is 55.2 Å². The van der Waals surface area contributed by atoms with Gasteiger partial charge in [0.2, 0.25) is 0 Å². The van der Waals surface area contributed by atoms with Crippen molar-refractivity contribution in [3.05, 3.63) is 48.2 Å². The van der Waals surface area contributed by atoms with Crippen molar-refractivity contribution in [3.63, 3.8) is 0 Å². The van der Waals surface area contributed by atoms with Crippen LogP contribution in [0.15, 0.2) is 48.2 Å². The predicted octanol–water partition coefficient (Wildman–Crippen LogP) is 4.88. The molecule has 28 heavy (non-hydrogen) atoms. The maximum atomic E-state index is 12.8. The average Bonchev–Trinajstić information content (AvgIpc) is 3.06. The van der Waals surface area contributed by atoms with Gasteiger partial charge in [-0.25, -0.2) is 0 Å². The van der Waals surface area contributed by atoms with E-state index in [-0.39, 0.29) is 17.3 Å². The highest BCUT2D eigenvalue weighted by Gasteiger charge is 2.42. The van der Waals surface area contributed by atoms with Crippen molar-refractivity contribution in [2.75, 3.05) is 5.32 Å². The summed E-state index contributed by atoms with van der Waals surface area (Å²) in [6, 6.07) is 10.8. The molecule has 1 heterocycles. The molecule has 1 amide bonds. The molecule has 3 N–H and O–H groups in total. The van der Waals surface area contributed by atoms with E-state index in [9.17, 15) is 9.90 Å². The van der Waals surface area contributed by atoms with Crippen molar-refractivity contribution in [1.29, 1.82) is 0 Å². The van der Waals surface area contributed by atoms with Gasteiger partial charge in [0, 0.05) is 16.5 Å². The molecule has 0 aromatic heterocycles. The van der Waals surface area contributed by atoms with Crippen molar-refractivity contribution < 1.29 is 14.7 Å². The Balaban J connectivity index is 1.50. The number of anilines is 1. The van der Waals surface area contributed by atoms with Gasteiger partial charge < -0.3 is 10.4 Å². The Kier molecular flexibility index (Phi) is 4.58. The number of rotatable bonds is 2. The van der Waals surface area contributed by atoms with Crippen molar-refractivity contribution >= 4 is 22.4 Å². The summed E-state index contributed by atoms with van der Waals surface area (Å²) in [7, 11) is 0. The highest BCUT2D eigenvalue weighted by atomic mass is 16.7. The van der Waals surface area contributed by atoms with Crippen LogP contribution in [-0.4, -0.2) is 16.6 Å². The Morgan fingerprint density at radius 2 is 1.82 bits per heavy atom. The highest BCUT2D eigenvalue weighted by Crippen LogP contribution is 2.44. The van der Waals surface area contributed by atoms with Crippen molar-refractivity contribution in [1.82, 2.24) is 5.48 Å². The standard InChI is InChI=1S/C23H28N2O3/c1-22(2,3)15-10-12-23(13-11-15)14-19(25-28-23)21(27)24-18-8-4-7-17-16(18)6-5-9-20(17)26/h4-9,14-15,25-26H,10-13H2,1-3H3,(H,24,27). The number of aromatic hydroxyl groups is 1. The molecule has 5 heteroatoms. The van der Waals surface area contributed by atoms with Gasteiger partial charge in [0.25, 0.3) is 5.91 Å². The van der Waals surface area contributed by atoms with Crippen molar-refractivity contribution in [2.45, 2.75) is 52.1 Å². The lowest BCUT2D eigenvalue weighted by atomic mass is 9.68. The Bertz CT molecular complexity index is 935. The zero-order chi connectivity index (χ0) is 19.9. The topological polar surface area (TPSA) is 70.6 Å². The summed E-state index contributed by atoms with van der Waals surface area (Å²) >= 11 is 0. The highest BCUT2D eigenvalue weighted by molar-refractivity contribution is 6.09. The molecular formula is C23H28N2O3. The first-order valence-electron chi connectivity index (χ1n) is 9.96. The fraction of sp³-hybridized carbons (Fsp3) is 0.435. The number of carbonyl (C=O) groups excluding carboxylic acids is 1. The zero-order valence-electron chi connectivity index (χ0n) is 16.7. The molecular weight excluding hydrogens is 352 g/mol. The van der Waals surface area contributed by atoms with Crippen molar-refractivity contribution in [3.8, 4) is 5.75 Å². The third-order valence-corrected chi connectivity index (χ3v) is 6.22. The van der Waals surface area contributed by atoms with Gasteiger partial charge in [-0.1, -0.05) is 45.0 Å². The molecule has 1 fully saturated rings. The van der Waals surface area contributed by atoms with Gasteiger partial charge in [0.1, 0.15) is 17.0 Å². The van der Waals surface area contributed by atoms with Crippen LogP contribution in [0.5, 0.6) is 5.75 Å². The van der Waals surface area contributed by atoms with Crippen LogP contribution in [-0.2, 0) is 9.63 Å². The second-order valence-electron chi connectivity index (χ2n) is 9.10. The van der Waals surface area contributed by atoms with Crippen LogP contribution in [0, 0.1) is 11.3 Å². The number of phenols is 1. The summed E-state index contributed by atoms with van der Waals surface area (Å²) in [6.07, 6.45) is 5.98. The molecule has 1 aliphatic carbocycles. The fourth-order valence-corrected chi connectivity index (χ4v) is 4.40. The lowest BCUT2D eigenvalue weighted by Crippen LogP contribution is -2.37. The molecule has 2 aromatic carbocycles. The summed E-state index contributed by atoms with van der Waals surface area (Å²) in [4.78, 5) is 18.7. The first kappa shape index (κ1) is 18.8. The summed E-state index contributed by atoms with van der Waals surface area (Å²) in [6.45, 7) is 6.88. The number of hydrogen-bond donors (Lipinski definition) is 3. The smallest absolute Gasteiger partial charge is 0.273 e. The Morgan fingerprint density at radius 3 is 2.54 bits per heavy atom. The van der Waals surface area contributed by atoms with Crippen LogP contribution in [0.1, 0.15) is 46.5 Å². The lowest BCUT2D eigenvalue weighted by Gasteiger charge is -2.40. The molecule has 0 radical (unpaired) electrons. The molecule has 148 valence electrons. The molecule has 0 saturated heterocycles. The molecule has 2 aliphatic rings.